The third-order valence-electron chi connectivity index (χ3n) is 3.20. The number of carbonyl (C=O) groups is 1. The van der Waals surface area contributed by atoms with E-state index in [1.165, 1.54) is 11.0 Å². The molecule has 1 heterocycles. The van der Waals surface area contributed by atoms with Gasteiger partial charge in [-0.2, -0.15) is 5.10 Å². The third-order valence-corrected chi connectivity index (χ3v) is 3.20. The van der Waals surface area contributed by atoms with E-state index >= 15 is 0 Å². The lowest BCUT2D eigenvalue weighted by atomic mass is 9.98. The van der Waals surface area contributed by atoms with Crippen molar-refractivity contribution in [3.8, 4) is 0 Å². The van der Waals surface area contributed by atoms with E-state index in [9.17, 15) is 24.4 Å². The van der Waals surface area contributed by atoms with Crippen molar-refractivity contribution in [1.29, 1.82) is 0 Å². The summed E-state index contributed by atoms with van der Waals surface area (Å²) in [4.78, 5) is 26.6. The average Bonchev–Trinajstić information content (AvgIpc) is 2.90. The Morgan fingerprint density at radius 1 is 1.57 bits per heavy atom. The summed E-state index contributed by atoms with van der Waals surface area (Å²) in [6.45, 7) is 0. The molecule has 0 saturated carbocycles. The molecular weight excluding hydrogens is 311 g/mol. The first kappa shape index (κ1) is 16.6. The van der Waals surface area contributed by atoms with Crippen molar-refractivity contribution < 1.29 is 24.0 Å². The van der Waals surface area contributed by atoms with Gasteiger partial charge in [-0.05, 0) is 6.07 Å². The van der Waals surface area contributed by atoms with Gasteiger partial charge in [-0.15, -0.1) is 0 Å². The van der Waals surface area contributed by atoms with Crippen LogP contribution in [0.2, 0.25) is 0 Å². The van der Waals surface area contributed by atoms with Crippen molar-refractivity contribution in [1.82, 2.24) is 14.8 Å². The van der Waals surface area contributed by atoms with E-state index in [0.29, 0.717) is 6.07 Å². The number of aliphatic hydroxyl groups is 1. The van der Waals surface area contributed by atoms with Crippen LogP contribution in [0, 0.1) is 15.9 Å². The van der Waals surface area contributed by atoms with Crippen molar-refractivity contribution in [2.24, 2.45) is 7.05 Å². The molecule has 0 fully saturated rings. The van der Waals surface area contributed by atoms with Crippen LogP contribution in [-0.2, 0) is 18.2 Å². The zero-order valence-corrected chi connectivity index (χ0v) is 12.3. The molecule has 0 amide bonds. The topological polar surface area (TPSA) is 120 Å². The highest BCUT2D eigenvalue weighted by atomic mass is 19.1. The first-order chi connectivity index (χ1) is 10.8. The molecule has 0 saturated heterocycles. The predicted molar refractivity (Wildman–Crippen MR) is 74.1 cm³/mol. The van der Waals surface area contributed by atoms with E-state index in [4.69, 9.17) is 0 Å². The van der Waals surface area contributed by atoms with Crippen molar-refractivity contribution in [3.05, 3.63) is 51.3 Å². The lowest BCUT2D eigenvalue weighted by Crippen LogP contribution is -2.16. The summed E-state index contributed by atoms with van der Waals surface area (Å²) in [6, 6.07) is 1.45. The Hall–Kier alpha value is -2.72. The normalized spacial score (nSPS) is 12.2. The number of halogens is 1. The molecule has 0 radical (unpaired) electrons. The molecule has 0 aliphatic rings. The van der Waals surface area contributed by atoms with E-state index in [-0.39, 0.29) is 17.8 Å². The maximum atomic E-state index is 13.6. The summed E-state index contributed by atoms with van der Waals surface area (Å²) < 4.78 is 19.6. The smallest absolute Gasteiger partial charge is 0.283 e. The highest BCUT2D eigenvalue weighted by Crippen LogP contribution is 2.30. The van der Waals surface area contributed by atoms with Gasteiger partial charge in [0.25, 0.3) is 5.69 Å². The second kappa shape index (κ2) is 6.58. The van der Waals surface area contributed by atoms with Crippen LogP contribution in [0.3, 0.4) is 0 Å². The second-order valence-electron chi connectivity index (χ2n) is 4.63. The molecule has 0 spiro atoms. The Kier molecular flexibility index (Phi) is 4.77. The van der Waals surface area contributed by atoms with E-state index in [1.54, 1.807) is 7.05 Å². The van der Waals surface area contributed by atoms with Crippen molar-refractivity contribution in [3.63, 3.8) is 0 Å². The lowest BCUT2D eigenvalue weighted by molar-refractivity contribution is -0.385. The molecule has 1 atom stereocenters. The number of nitro groups is 1. The molecule has 23 heavy (non-hydrogen) atoms. The van der Waals surface area contributed by atoms with E-state index < -0.39 is 34.1 Å². The molecule has 0 bridgehead atoms. The number of hydrogen-bond donors (Lipinski definition) is 1. The monoisotopic (exact) mass is 324 g/mol. The van der Waals surface area contributed by atoms with Crippen LogP contribution in [0.4, 0.5) is 10.1 Å². The molecule has 10 heteroatoms. The molecule has 0 aliphatic heterocycles. The van der Waals surface area contributed by atoms with Crippen molar-refractivity contribution >= 4 is 11.5 Å². The SMILES string of the molecule is COC(O)c1cc(F)cc([N+](=O)[O-])c1C(=O)Cc1ncnn1C. The number of carbonyl (C=O) groups excluding carboxylic acids is 1. The van der Waals surface area contributed by atoms with E-state index in [1.807, 2.05) is 0 Å². The minimum atomic E-state index is -1.68. The molecule has 0 aliphatic carbocycles. The maximum Gasteiger partial charge on any atom is 0.283 e. The number of benzene rings is 1. The third kappa shape index (κ3) is 3.38. The molecule has 122 valence electrons. The summed E-state index contributed by atoms with van der Waals surface area (Å²) in [5, 5.41) is 24.7. The Balaban J connectivity index is 2.55. The number of aliphatic hydroxyl groups excluding tert-OH is 1. The summed E-state index contributed by atoms with van der Waals surface area (Å²) in [5.41, 5.74) is -1.48. The number of nitrogens with zero attached hydrogens (tertiary/aromatic N) is 4. The average molecular weight is 324 g/mol. The number of aromatic nitrogens is 3. The highest BCUT2D eigenvalue weighted by Gasteiger charge is 2.29. The summed E-state index contributed by atoms with van der Waals surface area (Å²) in [5.74, 6) is -1.40. The molecular formula is C13H13FN4O5. The molecule has 1 N–H and O–H groups in total. The maximum absolute atomic E-state index is 13.6. The van der Waals surface area contributed by atoms with Crippen LogP contribution >= 0.6 is 0 Å². The van der Waals surface area contributed by atoms with Crippen LogP contribution in [0.1, 0.15) is 28.0 Å². The van der Waals surface area contributed by atoms with Crippen molar-refractivity contribution in [2.45, 2.75) is 12.7 Å². The zero-order valence-electron chi connectivity index (χ0n) is 12.3. The van der Waals surface area contributed by atoms with Gasteiger partial charge in [0, 0.05) is 19.7 Å². The standard InChI is InChI=1S/C13H13FN4O5/c1-17-11(15-6-16-17)5-10(19)12-8(13(20)23-2)3-7(14)4-9(12)18(21)22/h3-4,6,13,20H,5H2,1-2H3. The number of ether oxygens (including phenoxy) is 1. The number of methoxy groups -OCH3 is 1. The first-order valence-corrected chi connectivity index (χ1v) is 6.40. The van der Waals surface area contributed by atoms with Crippen LogP contribution in [0.15, 0.2) is 18.5 Å². The number of Topliss-reactive ketones (excluding diaryl/α,β-unsaturated/α-hetero) is 1. The van der Waals surface area contributed by atoms with Crippen LogP contribution in [0.25, 0.3) is 0 Å². The van der Waals surface area contributed by atoms with Crippen LogP contribution in [-0.4, -0.2) is 37.7 Å². The molecule has 1 aromatic carbocycles. The van der Waals surface area contributed by atoms with Gasteiger partial charge in [0.2, 0.25) is 0 Å². The number of aryl methyl sites for hydroxylation is 1. The number of rotatable bonds is 6. The Bertz CT molecular complexity index is 761. The second-order valence-corrected chi connectivity index (χ2v) is 4.63. The van der Waals surface area contributed by atoms with E-state index in [0.717, 1.165) is 13.2 Å². The Labute approximate surface area is 129 Å². The summed E-state index contributed by atoms with van der Waals surface area (Å²) in [7, 11) is 2.68. The molecule has 2 aromatic rings. The number of hydrogen-bond acceptors (Lipinski definition) is 7. The predicted octanol–water partition coefficient (Wildman–Crippen LogP) is 0.925. The van der Waals surface area contributed by atoms with Gasteiger partial charge in [-0.3, -0.25) is 19.6 Å². The Morgan fingerprint density at radius 3 is 2.78 bits per heavy atom. The fraction of sp³-hybridized carbons (Fsp3) is 0.308. The van der Waals surface area contributed by atoms with Crippen LogP contribution < -0.4 is 0 Å². The number of nitro benzene ring substituents is 1. The van der Waals surface area contributed by atoms with Crippen molar-refractivity contribution in [2.75, 3.05) is 7.11 Å². The largest absolute Gasteiger partial charge is 0.364 e. The van der Waals surface area contributed by atoms with Gasteiger partial charge in [0.15, 0.2) is 12.1 Å². The fourth-order valence-corrected chi connectivity index (χ4v) is 2.09. The van der Waals surface area contributed by atoms with Gasteiger partial charge >= 0.3 is 0 Å². The van der Waals surface area contributed by atoms with Gasteiger partial charge in [0.05, 0.1) is 17.4 Å². The molecule has 1 aromatic heterocycles. The Morgan fingerprint density at radius 2 is 2.26 bits per heavy atom. The fourth-order valence-electron chi connectivity index (χ4n) is 2.09. The molecule has 1 unspecified atom stereocenters. The minimum absolute atomic E-state index is 0.270. The highest BCUT2D eigenvalue weighted by molar-refractivity contribution is 6.02. The van der Waals surface area contributed by atoms with Gasteiger partial charge in [-0.25, -0.2) is 9.37 Å². The number of ketones is 1. The minimum Gasteiger partial charge on any atom is -0.364 e. The van der Waals surface area contributed by atoms with Gasteiger partial charge in [0.1, 0.15) is 23.5 Å². The van der Waals surface area contributed by atoms with Gasteiger partial charge in [-0.1, -0.05) is 0 Å². The van der Waals surface area contributed by atoms with Gasteiger partial charge < -0.3 is 9.84 Å². The lowest BCUT2D eigenvalue weighted by Gasteiger charge is -2.14. The molecule has 9 nitrogen and oxygen atoms in total. The van der Waals surface area contributed by atoms with Crippen LogP contribution in [0.5, 0.6) is 0 Å². The zero-order chi connectivity index (χ0) is 17.1. The molecule has 2 rings (SSSR count). The first-order valence-electron chi connectivity index (χ1n) is 6.40. The quantitative estimate of drug-likeness (QED) is 0.363. The summed E-state index contributed by atoms with van der Waals surface area (Å²) in [6.07, 6.45) is -0.748. The van der Waals surface area contributed by atoms with E-state index in [2.05, 4.69) is 14.8 Å². The summed E-state index contributed by atoms with van der Waals surface area (Å²) >= 11 is 0.